The van der Waals surface area contributed by atoms with Crippen LogP contribution in [0, 0.1) is 0 Å². The summed E-state index contributed by atoms with van der Waals surface area (Å²) in [7, 11) is 1.99. The molecule has 0 spiro atoms. The molecule has 2 heterocycles. The van der Waals surface area contributed by atoms with Crippen LogP contribution in [-0.2, 0) is 11.3 Å². The highest BCUT2D eigenvalue weighted by molar-refractivity contribution is 7.15. The Balaban J connectivity index is 2.18. The number of anilines is 1. The highest BCUT2D eigenvalue weighted by atomic mass is 32.1. The molecule has 18 heavy (non-hydrogen) atoms. The Morgan fingerprint density at radius 2 is 2.22 bits per heavy atom. The average molecular weight is 269 g/mol. The number of nitrogens with zero attached hydrogens (tertiary/aromatic N) is 2. The molecule has 2 rings (SSSR count). The third-order valence-corrected chi connectivity index (χ3v) is 4.23. The van der Waals surface area contributed by atoms with Crippen molar-refractivity contribution in [1.29, 1.82) is 0 Å². The monoisotopic (exact) mass is 269 g/mol. The molecule has 0 unspecified atom stereocenters. The maximum Gasteiger partial charge on any atom is 0.185 e. The lowest BCUT2D eigenvalue weighted by Crippen LogP contribution is -2.25. The third kappa shape index (κ3) is 3.22. The number of nitrogens with one attached hydrogen (secondary N) is 1. The van der Waals surface area contributed by atoms with Crippen molar-refractivity contribution in [2.45, 2.75) is 32.7 Å². The van der Waals surface area contributed by atoms with Gasteiger partial charge in [-0.3, -0.25) is 0 Å². The molecule has 1 aromatic heterocycles. The van der Waals surface area contributed by atoms with E-state index in [-0.39, 0.29) is 0 Å². The Labute approximate surface area is 113 Å². The summed E-state index contributed by atoms with van der Waals surface area (Å²) in [5.41, 5.74) is 1.24. The second-order valence-corrected chi connectivity index (χ2v) is 6.00. The molecule has 1 N–H and O–H groups in total. The van der Waals surface area contributed by atoms with E-state index in [1.54, 1.807) is 0 Å². The molecule has 0 aliphatic carbocycles. The lowest BCUT2D eigenvalue weighted by atomic mass is 10.1. The van der Waals surface area contributed by atoms with Gasteiger partial charge < -0.3 is 15.0 Å². The summed E-state index contributed by atoms with van der Waals surface area (Å²) in [6, 6.07) is 0. The van der Waals surface area contributed by atoms with Crippen molar-refractivity contribution in [2.75, 3.05) is 38.3 Å². The Morgan fingerprint density at radius 1 is 1.39 bits per heavy atom. The van der Waals surface area contributed by atoms with Gasteiger partial charge in [-0.25, -0.2) is 4.98 Å². The van der Waals surface area contributed by atoms with Gasteiger partial charge in [-0.1, -0.05) is 13.8 Å². The molecule has 1 aliphatic heterocycles. The molecular weight excluding hydrogens is 246 g/mol. The lowest BCUT2D eigenvalue weighted by molar-refractivity contribution is 0.152. The number of rotatable bonds is 4. The first-order chi connectivity index (χ1) is 8.72. The topological polar surface area (TPSA) is 37.4 Å². The lowest BCUT2D eigenvalue weighted by Gasteiger charge is -2.17. The van der Waals surface area contributed by atoms with Gasteiger partial charge in [-0.05, 0) is 19.4 Å². The summed E-state index contributed by atoms with van der Waals surface area (Å²) >= 11 is 1.82. The van der Waals surface area contributed by atoms with Crippen LogP contribution in [0.3, 0.4) is 0 Å². The van der Waals surface area contributed by atoms with Crippen LogP contribution in [0.15, 0.2) is 0 Å². The quantitative estimate of drug-likeness (QED) is 0.909. The van der Waals surface area contributed by atoms with E-state index >= 15 is 0 Å². The Kier molecular flexibility index (Phi) is 4.97. The van der Waals surface area contributed by atoms with Crippen molar-refractivity contribution in [3.8, 4) is 0 Å². The summed E-state index contributed by atoms with van der Waals surface area (Å²) in [5.74, 6) is 0.488. The molecule has 0 saturated carbocycles. The highest BCUT2D eigenvalue weighted by Gasteiger charge is 2.18. The van der Waals surface area contributed by atoms with Crippen LogP contribution in [-0.4, -0.2) is 38.3 Å². The molecule has 5 heteroatoms. The first kappa shape index (κ1) is 13.8. The number of hydrogen-bond acceptors (Lipinski definition) is 5. The molecule has 1 aliphatic rings. The van der Waals surface area contributed by atoms with Gasteiger partial charge in [0, 0.05) is 31.1 Å². The van der Waals surface area contributed by atoms with Gasteiger partial charge in [0.2, 0.25) is 0 Å². The standard InChI is InChI=1S/C13H23N3OS/c1-10(2)12-11(9-14-3)18-13(15-12)16-5-4-7-17-8-6-16/h10,14H,4-9H2,1-3H3. The van der Waals surface area contributed by atoms with Crippen LogP contribution < -0.4 is 10.2 Å². The van der Waals surface area contributed by atoms with Crippen LogP contribution in [0.25, 0.3) is 0 Å². The molecule has 0 amide bonds. The zero-order valence-corrected chi connectivity index (χ0v) is 12.3. The van der Waals surface area contributed by atoms with Gasteiger partial charge in [0.15, 0.2) is 5.13 Å². The van der Waals surface area contributed by atoms with Crippen LogP contribution in [0.1, 0.15) is 36.8 Å². The largest absolute Gasteiger partial charge is 0.380 e. The van der Waals surface area contributed by atoms with Crippen molar-refractivity contribution in [3.05, 3.63) is 10.6 Å². The van der Waals surface area contributed by atoms with Crippen molar-refractivity contribution in [1.82, 2.24) is 10.3 Å². The fourth-order valence-electron chi connectivity index (χ4n) is 2.16. The maximum atomic E-state index is 5.50. The van der Waals surface area contributed by atoms with Gasteiger partial charge in [0.05, 0.1) is 12.3 Å². The molecule has 102 valence electrons. The first-order valence-electron chi connectivity index (χ1n) is 6.69. The van der Waals surface area contributed by atoms with Crippen molar-refractivity contribution in [3.63, 3.8) is 0 Å². The molecule has 1 aromatic rings. The maximum absolute atomic E-state index is 5.50. The van der Waals surface area contributed by atoms with Gasteiger partial charge in [0.1, 0.15) is 0 Å². The SMILES string of the molecule is CNCc1sc(N2CCCOCC2)nc1C(C)C. The number of ether oxygens (including phenoxy) is 1. The number of hydrogen-bond donors (Lipinski definition) is 1. The molecule has 4 nitrogen and oxygen atoms in total. The van der Waals surface area contributed by atoms with E-state index in [1.807, 2.05) is 18.4 Å². The summed E-state index contributed by atoms with van der Waals surface area (Å²) < 4.78 is 5.50. The van der Waals surface area contributed by atoms with Crippen molar-refractivity contribution in [2.24, 2.45) is 0 Å². The summed E-state index contributed by atoms with van der Waals surface area (Å²) in [5, 5.41) is 4.40. The normalized spacial score (nSPS) is 17.2. The van der Waals surface area contributed by atoms with E-state index in [9.17, 15) is 0 Å². The number of aromatic nitrogens is 1. The van der Waals surface area contributed by atoms with Crippen molar-refractivity contribution < 1.29 is 4.74 Å². The summed E-state index contributed by atoms with van der Waals surface area (Å²) in [6.45, 7) is 9.05. The van der Waals surface area contributed by atoms with E-state index in [4.69, 9.17) is 9.72 Å². The van der Waals surface area contributed by atoms with E-state index in [1.165, 1.54) is 10.6 Å². The smallest absolute Gasteiger partial charge is 0.185 e. The predicted octanol–water partition coefficient (Wildman–Crippen LogP) is 2.21. The predicted molar refractivity (Wildman–Crippen MR) is 76.6 cm³/mol. The minimum Gasteiger partial charge on any atom is -0.380 e. The first-order valence-corrected chi connectivity index (χ1v) is 7.51. The van der Waals surface area contributed by atoms with E-state index < -0.39 is 0 Å². The van der Waals surface area contributed by atoms with Crippen molar-refractivity contribution >= 4 is 16.5 Å². The van der Waals surface area contributed by atoms with E-state index in [0.717, 1.165) is 44.4 Å². The fourth-order valence-corrected chi connectivity index (χ4v) is 3.44. The molecule has 0 bridgehead atoms. The van der Waals surface area contributed by atoms with Gasteiger partial charge in [0.25, 0.3) is 0 Å². The summed E-state index contributed by atoms with van der Waals surface area (Å²) in [6.07, 6.45) is 1.10. The number of thiazole rings is 1. The van der Waals surface area contributed by atoms with Crippen LogP contribution in [0.2, 0.25) is 0 Å². The zero-order chi connectivity index (χ0) is 13.0. The highest BCUT2D eigenvalue weighted by Crippen LogP contribution is 2.31. The van der Waals surface area contributed by atoms with Gasteiger partial charge in [-0.15, -0.1) is 11.3 Å². The molecule has 0 radical (unpaired) electrons. The molecule has 1 saturated heterocycles. The minimum absolute atomic E-state index is 0.488. The van der Waals surface area contributed by atoms with E-state index in [0.29, 0.717) is 5.92 Å². The molecule has 1 fully saturated rings. The average Bonchev–Trinajstić information content (AvgIpc) is 2.59. The Morgan fingerprint density at radius 3 is 2.94 bits per heavy atom. The second kappa shape index (κ2) is 6.50. The molecule has 0 aromatic carbocycles. The Hall–Kier alpha value is -0.650. The van der Waals surface area contributed by atoms with Crippen LogP contribution >= 0.6 is 11.3 Å². The molecule has 0 atom stereocenters. The van der Waals surface area contributed by atoms with Crippen LogP contribution in [0.4, 0.5) is 5.13 Å². The minimum atomic E-state index is 0.488. The Bertz CT molecular complexity index is 370. The zero-order valence-electron chi connectivity index (χ0n) is 11.5. The van der Waals surface area contributed by atoms with Crippen LogP contribution in [0.5, 0.6) is 0 Å². The van der Waals surface area contributed by atoms with Gasteiger partial charge >= 0.3 is 0 Å². The molecular formula is C13H23N3OS. The van der Waals surface area contributed by atoms with E-state index in [2.05, 4.69) is 24.1 Å². The summed E-state index contributed by atoms with van der Waals surface area (Å²) in [4.78, 5) is 8.57. The second-order valence-electron chi connectivity index (χ2n) is 4.94. The van der Waals surface area contributed by atoms with Gasteiger partial charge in [-0.2, -0.15) is 0 Å². The fraction of sp³-hybridized carbons (Fsp3) is 0.769. The third-order valence-electron chi connectivity index (χ3n) is 3.09.